The third-order valence-corrected chi connectivity index (χ3v) is 4.50. The first-order valence-electron chi connectivity index (χ1n) is 9.16. The van der Waals surface area contributed by atoms with Gasteiger partial charge in [-0.2, -0.15) is 0 Å². The lowest BCUT2D eigenvalue weighted by molar-refractivity contribution is -0.131. The second-order valence-corrected chi connectivity index (χ2v) is 6.38. The van der Waals surface area contributed by atoms with Crippen molar-refractivity contribution in [3.05, 3.63) is 59.7 Å². The molecule has 1 heterocycles. The fourth-order valence-corrected chi connectivity index (χ4v) is 3.08. The van der Waals surface area contributed by atoms with Gasteiger partial charge >= 0.3 is 0 Å². The van der Waals surface area contributed by atoms with Crippen LogP contribution in [0.3, 0.4) is 0 Å². The lowest BCUT2D eigenvalue weighted by Gasteiger charge is -2.22. The van der Waals surface area contributed by atoms with Crippen LogP contribution in [0.15, 0.2) is 48.5 Å². The Morgan fingerprint density at radius 3 is 2.41 bits per heavy atom. The van der Waals surface area contributed by atoms with Crippen molar-refractivity contribution in [1.82, 2.24) is 4.90 Å². The molecule has 5 nitrogen and oxygen atoms in total. The zero-order valence-corrected chi connectivity index (χ0v) is 16.2. The summed E-state index contributed by atoms with van der Waals surface area (Å²) in [5.41, 5.74) is 8.01. The fraction of sp³-hybridized carbons (Fsp3) is 0.381. The minimum Gasteiger partial charge on any atom is -0.486 e. The topological polar surface area (TPSA) is 64.8 Å². The van der Waals surface area contributed by atoms with Gasteiger partial charge in [-0.1, -0.05) is 36.4 Å². The van der Waals surface area contributed by atoms with Crippen LogP contribution >= 0.6 is 12.4 Å². The van der Waals surface area contributed by atoms with Crippen LogP contribution < -0.4 is 15.2 Å². The summed E-state index contributed by atoms with van der Waals surface area (Å²) in [6.45, 7) is 2.91. The lowest BCUT2D eigenvalue weighted by atomic mass is 10.1. The van der Waals surface area contributed by atoms with Crippen molar-refractivity contribution in [3.8, 4) is 11.5 Å². The number of aryl methyl sites for hydroxylation is 1. The van der Waals surface area contributed by atoms with E-state index in [1.54, 1.807) is 0 Å². The number of amides is 1. The summed E-state index contributed by atoms with van der Waals surface area (Å²) in [6, 6.07) is 16.1. The number of carbonyl (C=O) groups is 1. The van der Waals surface area contributed by atoms with Gasteiger partial charge in [0.25, 0.3) is 0 Å². The van der Waals surface area contributed by atoms with Gasteiger partial charge in [0.05, 0.1) is 0 Å². The summed E-state index contributed by atoms with van der Waals surface area (Å²) in [7, 11) is 0. The number of ether oxygens (including phenoxy) is 2. The molecule has 0 fully saturated rings. The molecule has 0 saturated carbocycles. The highest BCUT2D eigenvalue weighted by molar-refractivity contribution is 5.85. The average Bonchev–Trinajstić information content (AvgIpc) is 2.70. The van der Waals surface area contributed by atoms with Crippen molar-refractivity contribution in [2.24, 2.45) is 5.73 Å². The van der Waals surface area contributed by atoms with Crippen LogP contribution in [-0.4, -0.2) is 43.7 Å². The van der Waals surface area contributed by atoms with E-state index in [1.807, 2.05) is 41.3 Å². The Bertz CT molecular complexity index is 725. The molecule has 0 atom stereocenters. The Balaban J connectivity index is 0.00000261. The monoisotopic (exact) mass is 390 g/mol. The normalized spacial score (nSPS) is 12.2. The fourth-order valence-electron chi connectivity index (χ4n) is 3.08. The first-order valence-corrected chi connectivity index (χ1v) is 9.16. The SMILES string of the molecule is Cl.NCCN(CCc1ccccc1)C(=O)CCc1ccc2c(c1)OCCO2. The molecule has 27 heavy (non-hydrogen) atoms. The standard InChI is InChI=1S/C21H26N2O3.ClH/c22-11-13-23(12-10-17-4-2-1-3-5-17)21(24)9-7-18-6-8-19-20(16-18)26-15-14-25-19;/h1-6,8,16H,7,9-15,22H2;1H. The van der Waals surface area contributed by atoms with Crippen molar-refractivity contribution in [2.45, 2.75) is 19.3 Å². The third kappa shape index (κ3) is 6.15. The molecule has 0 bridgehead atoms. The molecule has 6 heteroatoms. The predicted octanol–water partition coefficient (Wildman–Crippen LogP) is 2.84. The smallest absolute Gasteiger partial charge is 0.222 e. The van der Waals surface area contributed by atoms with Gasteiger partial charge in [-0.05, 0) is 36.1 Å². The molecule has 0 spiro atoms. The van der Waals surface area contributed by atoms with Gasteiger partial charge in [-0.25, -0.2) is 0 Å². The van der Waals surface area contributed by atoms with Crippen molar-refractivity contribution in [2.75, 3.05) is 32.8 Å². The summed E-state index contributed by atoms with van der Waals surface area (Å²) in [4.78, 5) is 14.5. The van der Waals surface area contributed by atoms with Gasteiger partial charge in [-0.15, -0.1) is 12.4 Å². The molecule has 0 unspecified atom stereocenters. The zero-order valence-electron chi connectivity index (χ0n) is 15.4. The number of rotatable bonds is 8. The molecule has 2 aromatic rings. The molecule has 0 aliphatic carbocycles. The van der Waals surface area contributed by atoms with Gasteiger partial charge in [0.1, 0.15) is 13.2 Å². The summed E-state index contributed by atoms with van der Waals surface area (Å²) >= 11 is 0. The van der Waals surface area contributed by atoms with Gasteiger partial charge in [0.15, 0.2) is 11.5 Å². The van der Waals surface area contributed by atoms with Crippen LogP contribution in [0.1, 0.15) is 17.5 Å². The molecule has 1 amide bonds. The molecular weight excluding hydrogens is 364 g/mol. The highest BCUT2D eigenvalue weighted by Crippen LogP contribution is 2.31. The Morgan fingerprint density at radius 1 is 0.926 bits per heavy atom. The highest BCUT2D eigenvalue weighted by atomic mass is 35.5. The maximum Gasteiger partial charge on any atom is 0.222 e. The van der Waals surface area contributed by atoms with Crippen LogP contribution in [0.5, 0.6) is 11.5 Å². The van der Waals surface area contributed by atoms with E-state index in [9.17, 15) is 4.79 Å². The number of benzene rings is 2. The molecule has 0 radical (unpaired) electrons. The highest BCUT2D eigenvalue weighted by Gasteiger charge is 2.15. The van der Waals surface area contributed by atoms with Crippen LogP contribution in [-0.2, 0) is 17.6 Å². The molecule has 0 saturated heterocycles. The minimum absolute atomic E-state index is 0. The Morgan fingerprint density at radius 2 is 1.67 bits per heavy atom. The average molecular weight is 391 g/mol. The molecule has 1 aliphatic rings. The number of hydrogen-bond acceptors (Lipinski definition) is 4. The number of hydrogen-bond donors (Lipinski definition) is 1. The molecule has 1 aliphatic heterocycles. The van der Waals surface area contributed by atoms with Crippen molar-refractivity contribution < 1.29 is 14.3 Å². The van der Waals surface area contributed by atoms with E-state index < -0.39 is 0 Å². The van der Waals surface area contributed by atoms with Crippen molar-refractivity contribution in [1.29, 1.82) is 0 Å². The summed E-state index contributed by atoms with van der Waals surface area (Å²) < 4.78 is 11.1. The van der Waals surface area contributed by atoms with Crippen LogP contribution in [0, 0.1) is 0 Å². The Hall–Kier alpha value is -2.24. The second kappa shape index (κ2) is 10.8. The molecule has 2 aromatic carbocycles. The number of fused-ring (bicyclic) bond motifs is 1. The van der Waals surface area contributed by atoms with E-state index >= 15 is 0 Å². The molecular formula is C21H27ClN2O3. The van der Waals surface area contributed by atoms with Crippen LogP contribution in [0.2, 0.25) is 0 Å². The molecule has 0 aromatic heterocycles. The third-order valence-electron chi connectivity index (χ3n) is 4.50. The van der Waals surface area contributed by atoms with E-state index in [-0.39, 0.29) is 18.3 Å². The second-order valence-electron chi connectivity index (χ2n) is 6.38. The number of nitrogens with two attached hydrogens (primary N) is 1. The number of carbonyl (C=O) groups excluding carboxylic acids is 1. The van der Waals surface area contributed by atoms with Crippen LogP contribution in [0.4, 0.5) is 0 Å². The zero-order chi connectivity index (χ0) is 18.2. The van der Waals surface area contributed by atoms with Gasteiger partial charge < -0.3 is 20.1 Å². The van der Waals surface area contributed by atoms with E-state index in [0.717, 1.165) is 23.5 Å². The van der Waals surface area contributed by atoms with Crippen molar-refractivity contribution in [3.63, 3.8) is 0 Å². The quantitative estimate of drug-likeness (QED) is 0.752. The molecule has 146 valence electrons. The van der Waals surface area contributed by atoms with Crippen LogP contribution in [0.25, 0.3) is 0 Å². The number of nitrogens with zero attached hydrogens (tertiary/aromatic N) is 1. The first kappa shape index (κ1) is 21.1. The number of halogens is 1. The van der Waals surface area contributed by atoms with E-state index in [0.29, 0.717) is 45.7 Å². The summed E-state index contributed by atoms with van der Waals surface area (Å²) in [6.07, 6.45) is 1.99. The van der Waals surface area contributed by atoms with Gasteiger partial charge in [0, 0.05) is 26.1 Å². The minimum atomic E-state index is 0. The predicted molar refractivity (Wildman–Crippen MR) is 109 cm³/mol. The largest absolute Gasteiger partial charge is 0.486 e. The van der Waals surface area contributed by atoms with E-state index in [1.165, 1.54) is 5.56 Å². The maximum atomic E-state index is 12.6. The molecule has 3 rings (SSSR count). The van der Waals surface area contributed by atoms with E-state index in [4.69, 9.17) is 15.2 Å². The molecule has 2 N–H and O–H groups in total. The van der Waals surface area contributed by atoms with E-state index in [2.05, 4.69) is 12.1 Å². The Labute approximate surface area is 166 Å². The van der Waals surface area contributed by atoms with Crippen molar-refractivity contribution >= 4 is 18.3 Å². The summed E-state index contributed by atoms with van der Waals surface area (Å²) in [5.74, 6) is 1.68. The maximum absolute atomic E-state index is 12.6. The first-order chi connectivity index (χ1) is 12.8. The van der Waals surface area contributed by atoms with Gasteiger partial charge in [0.2, 0.25) is 5.91 Å². The summed E-state index contributed by atoms with van der Waals surface area (Å²) in [5, 5.41) is 0. The van der Waals surface area contributed by atoms with Gasteiger partial charge in [-0.3, -0.25) is 4.79 Å². The Kier molecular flexibility index (Phi) is 8.43. The lowest BCUT2D eigenvalue weighted by Crippen LogP contribution is -2.37.